The van der Waals surface area contributed by atoms with Crippen LogP contribution in [0.5, 0.6) is 0 Å². The van der Waals surface area contributed by atoms with Gasteiger partial charge in [-0.15, -0.1) is 0 Å². The van der Waals surface area contributed by atoms with Crippen molar-refractivity contribution in [3.63, 3.8) is 0 Å². The fraction of sp³-hybridized carbons (Fsp3) is 0.188. The van der Waals surface area contributed by atoms with Crippen LogP contribution in [-0.2, 0) is 17.9 Å². The van der Waals surface area contributed by atoms with Crippen molar-refractivity contribution >= 4 is 39.1 Å². The van der Waals surface area contributed by atoms with Crippen molar-refractivity contribution in [3.05, 3.63) is 63.6 Å². The number of hydrogen-bond acceptors (Lipinski definition) is 3. The number of benzene rings is 1. The monoisotopic (exact) mass is 407 g/mol. The lowest BCUT2D eigenvalue weighted by molar-refractivity contribution is -0.116. The van der Waals surface area contributed by atoms with E-state index in [4.69, 9.17) is 11.6 Å². The first-order chi connectivity index (χ1) is 11.5. The van der Waals surface area contributed by atoms with Crippen molar-refractivity contribution < 1.29 is 4.79 Å². The molecule has 6 nitrogen and oxygen atoms in total. The Balaban J connectivity index is 1.60. The lowest BCUT2D eigenvalue weighted by Crippen LogP contribution is -2.20. The number of halogens is 2. The summed E-state index contributed by atoms with van der Waals surface area (Å²) in [5.74, 6) is -0.153. The Morgan fingerprint density at radius 2 is 2.00 bits per heavy atom. The molecule has 1 N–H and O–H groups in total. The molecule has 2 heterocycles. The number of carbonyl (C=O) groups excluding carboxylic acids is 1. The smallest absolute Gasteiger partial charge is 0.246 e. The zero-order valence-electron chi connectivity index (χ0n) is 12.9. The van der Waals surface area contributed by atoms with Crippen LogP contribution in [0.25, 0.3) is 0 Å². The van der Waals surface area contributed by atoms with E-state index in [1.54, 1.807) is 28.0 Å². The van der Waals surface area contributed by atoms with Gasteiger partial charge in [-0.3, -0.25) is 14.2 Å². The van der Waals surface area contributed by atoms with Crippen molar-refractivity contribution in [1.29, 1.82) is 0 Å². The van der Waals surface area contributed by atoms with Crippen LogP contribution in [0, 0.1) is 6.92 Å². The van der Waals surface area contributed by atoms with Gasteiger partial charge < -0.3 is 5.32 Å². The number of anilines is 1. The van der Waals surface area contributed by atoms with E-state index in [-0.39, 0.29) is 12.5 Å². The molecule has 1 aromatic carbocycles. The molecule has 3 rings (SSSR count). The largest absolute Gasteiger partial charge is 0.322 e. The second-order valence-corrected chi connectivity index (χ2v) is 6.63. The standard InChI is InChI=1S/C16H15BrClN5O/c1-11-15(17)7-20-23(11)10-16(24)21-14-6-19-22(9-14)8-12-2-4-13(18)5-3-12/h2-7,9H,8,10H2,1H3,(H,21,24). The minimum atomic E-state index is -0.153. The third kappa shape index (κ3) is 4.04. The van der Waals surface area contributed by atoms with Gasteiger partial charge in [0.05, 0.1) is 34.8 Å². The minimum Gasteiger partial charge on any atom is -0.322 e. The van der Waals surface area contributed by atoms with Crippen molar-refractivity contribution in [3.8, 4) is 0 Å². The van der Waals surface area contributed by atoms with E-state index in [1.807, 2.05) is 31.2 Å². The number of aromatic nitrogens is 4. The van der Waals surface area contributed by atoms with Crippen LogP contribution < -0.4 is 5.32 Å². The van der Waals surface area contributed by atoms with Crippen LogP contribution in [-0.4, -0.2) is 25.5 Å². The molecule has 0 aliphatic rings. The summed E-state index contributed by atoms with van der Waals surface area (Å²) in [5, 5.41) is 11.9. The Kier molecular flexibility index (Phi) is 5.01. The van der Waals surface area contributed by atoms with Gasteiger partial charge in [-0.2, -0.15) is 10.2 Å². The van der Waals surface area contributed by atoms with Crippen LogP contribution >= 0.6 is 27.5 Å². The maximum Gasteiger partial charge on any atom is 0.246 e. The molecule has 8 heteroatoms. The first-order valence-electron chi connectivity index (χ1n) is 7.26. The highest BCUT2D eigenvalue weighted by Crippen LogP contribution is 2.15. The molecule has 0 spiro atoms. The van der Waals surface area contributed by atoms with E-state index in [0.717, 1.165) is 15.7 Å². The Morgan fingerprint density at radius 3 is 2.67 bits per heavy atom. The summed E-state index contributed by atoms with van der Waals surface area (Å²) >= 11 is 9.25. The maximum absolute atomic E-state index is 12.1. The first kappa shape index (κ1) is 16.7. The lowest BCUT2D eigenvalue weighted by atomic mass is 10.2. The number of nitrogens with zero attached hydrogens (tertiary/aromatic N) is 4. The van der Waals surface area contributed by atoms with E-state index >= 15 is 0 Å². The summed E-state index contributed by atoms with van der Waals surface area (Å²) in [5.41, 5.74) is 2.64. The zero-order chi connectivity index (χ0) is 17.1. The third-order valence-corrected chi connectivity index (χ3v) is 4.54. The zero-order valence-corrected chi connectivity index (χ0v) is 15.3. The summed E-state index contributed by atoms with van der Waals surface area (Å²) in [6, 6.07) is 7.57. The Bertz CT molecular complexity index is 856. The highest BCUT2D eigenvalue weighted by atomic mass is 79.9. The van der Waals surface area contributed by atoms with Crippen LogP contribution in [0.1, 0.15) is 11.3 Å². The van der Waals surface area contributed by atoms with Crippen LogP contribution in [0.3, 0.4) is 0 Å². The Hall–Kier alpha value is -2.12. The fourth-order valence-electron chi connectivity index (χ4n) is 2.21. The van der Waals surface area contributed by atoms with Gasteiger partial charge in [-0.1, -0.05) is 23.7 Å². The molecule has 0 fully saturated rings. The van der Waals surface area contributed by atoms with E-state index < -0.39 is 0 Å². The van der Waals surface area contributed by atoms with E-state index in [0.29, 0.717) is 17.3 Å². The van der Waals surface area contributed by atoms with Gasteiger partial charge in [0.15, 0.2) is 0 Å². The molecule has 0 aliphatic carbocycles. The van der Waals surface area contributed by atoms with Crippen LogP contribution in [0.15, 0.2) is 47.3 Å². The highest BCUT2D eigenvalue weighted by molar-refractivity contribution is 9.10. The number of nitrogens with one attached hydrogen (secondary N) is 1. The van der Waals surface area contributed by atoms with Crippen molar-refractivity contribution in [1.82, 2.24) is 19.6 Å². The molecule has 24 heavy (non-hydrogen) atoms. The molecule has 0 atom stereocenters. The highest BCUT2D eigenvalue weighted by Gasteiger charge is 2.10. The average molecular weight is 409 g/mol. The lowest BCUT2D eigenvalue weighted by Gasteiger charge is -2.05. The van der Waals surface area contributed by atoms with E-state index in [2.05, 4.69) is 31.4 Å². The SMILES string of the molecule is Cc1c(Br)cnn1CC(=O)Nc1cnn(Cc2ccc(Cl)cc2)c1. The molecule has 3 aromatic rings. The second kappa shape index (κ2) is 7.19. The van der Waals surface area contributed by atoms with Gasteiger partial charge in [0.25, 0.3) is 0 Å². The summed E-state index contributed by atoms with van der Waals surface area (Å²) in [4.78, 5) is 12.1. The molecule has 0 saturated carbocycles. The van der Waals surface area contributed by atoms with Gasteiger partial charge >= 0.3 is 0 Å². The predicted molar refractivity (Wildman–Crippen MR) is 96.1 cm³/mol. The number of rotatable bonds is 5. The summed E-state index contributed by atoms with van der Waals surface area (Å²) < 4.78 is 4.28. The molecular formula is C16H15BrClN5O. The topological polar surface area (TPSA) is 64.7 Å². The molecule has 1 amide bonds. The molecule has 0 saturated heterocycles. The normalized spacial score (nSPS) is 10.8. The number of amides is 1. The maximum atomic E-state index is 12.1. The van der Waals surface area contributed by atoms with E-state index in [1.165, 1.54) is 0 Å². The van der Waals surface area contributed by atoms with Crippen LogP contribution in [0.4, 0.5) is 5.69 Å². The Labute approximate surface area is 152 Å². The third-order valence-electron chi connectivity index (χ3n) is 3.51. The van der Waals surface area contributed by atoms with Gasteiger partial charge in [-0.25, -0.2) is 0 Å². The number of carbonyl (C=O) groups is 1. The van der Waals surface area contributed by atoms with Crippen molar-refractivity contribution in [2.75, 3.05) is 5.32 Å². The molecule has 124 valence electrons. The predicted octanol–water partition coefficient (Wildman–Crippen LogP) is 3.49. The van der Waals surface area contributed by atoms with Crippen molar-refractivity contribution in [2.24, 2.45) is 0 Å². The second-order valence-electron chi connectivity index (χ2n) is 5.34. The summed E-state index contributed by atoms with van der Waals surface area (Å²) in [6.07, 6.45) is 5.09. The molecule has 0 unspecified atom stereocenters. The van der Waals surface area contributed by atoms with Crippen LogP contribution in [0.2, 0.25) is 5.02 Å². The minimum absolute atomic E-state index is 0.153. The van der Waals surface area contributed by atoms with Gasteiger partial charge in [0.2, 0.25) is 5.91 Å². The van der Waals surface area contributed by atoms with Gasteiger partial charge in [-0.05, 0) is 40.5 Å². The summed E-state index contributed by atoms with van der Waals surface area (Å²) in [6.45, 7) is 2.66. The Morgan fingerprint density at radius 1 is 1.25 bits per heavy atom. The van der Waals surface area contributed by atoms with Gasteiger partial charge in [0.1, 0.15) is 6.54 Å². The number of hydrogen-bond donors (Lipinski definition) is 1. The summed E-state index contributed by atoms with van der Waals surface area (Å²) in [7, 11) is 0. The molecule has 0 aliphatic heterocycles. The molecular weight excluding hydrogens is 394 g/mol. The van der Waals surface area contributed by atoms with E-state index in [9.17, 15) is 4.79 Å². The van der Waals surface area contributed by atoms with Crippen molar-refractivity contribution in [2.45, 2.75) is 20.0 Å². The quantitative estimate of drug-likeness (QED) is 0.703. The molecule has 2 aromatic heterocycles. The first-order valence-corrected chi connectivity index (χ1v) is 8.43. The molecule has 0 bridgehead atoms. The fourth-order valence-corrected chi connectivity index (χ4v) is 2.63. The average Bonchev–Trinajstić information content (AvgIpc) is 3.11. The van der Waals surface area contributed by atoms with Gasteiger partial charge in [0, 0.05) is 11.2 Å². The molecule has 0 radical (unpaired) electrons.